The molecule has 5 rings (SSSR count). The maximum absolute atomic E-state index is 13.1. The molecule has 0 amide bonds. The largest absolute Gasteiger partial charge is 0.463 e. The quantitative estimate of drug-likeness (QED) is 0.298. The van der Waals surface area contributed by atoms with Crippen molar-refractivity contribution in [3.8, 4) is 0 Å². The van der Waals surface area contributed by atoms with E-state index in [2.05, 4.69) is 19.9 Å². The van der Waals surface area contributed by atoms with E-state index in [1.807, 2.05) is 0 Å². The zero-order chi connectivity index (χ0) is 27.3. The van der Waals surface area contributed by atoms with Gasteiger partial charge in [0.05, 0.1) is 30.3 Å². The van der Waals surface area contributed by atoms with Crippen molar-refractivity contribution in [2.45, 2.75) is 95.6 Å². The maximum atomic E-state index is 13.1. The lowest BCUT2D eigenvalue weighted by atomic mass is 9.51. The number of aliphatic hydroxyl groups excluding tert-OH is 2. The molecule has 2 N–H and O–H groups in total. The lowest BCUT2D eigenvalue weighted by molar-refractivity contribution is -0.234. The first kappa shape index (κ1) is 27.5. The highest BCUT2D eigenvalue weighted by Crippen LogP contribution is 2.72. The third-order valence-corrected chi connectivity index (χ3v) is 9.73. The summed E-state index contributed by atoms with van der Waals surface area (Å²) < 4.78 is 30.4. The van der Waals surface area contributed by atoms with Crippen molar-refractivity contribution in [1.82, 2.24) is 0 Å². The van der Waals surface area contributed by atoms with Crippen LogP contribution in [0, 0.1) is 16.7 Å². The number of aliphatic hydroxyl groups is 2. The summed E-state index contributed by atoms with van der Waals surface area (Å²) in [6, 6.07) is 0. The number of epoxide rings is 1. The topological polar surface area (TPSA) is 124 Å². The van der Waals surface area contributed by atoms with E-state index < -0.39 is 58.7 Å². The van der Waals surface area contributed by atoms with E-state index in [0.29, 0.717) is 25.9 Å². The molecule has 0 aromatic rings. The molecule has 0 radical (unpaired) electrons. The highest BCUT2D eigenvalue weighted by molar-refractivity contribution is 5.82. The van der Waals surface area contributed by atoms with Gasteiger partial charge in [0, 0.05) is 24.5 Å². The van der Waals surface area contributed by atoms with E-state index in [9.17, 15) is 19.8 Å². The summed E-state index contributed by atoms with van der Waals surface area (Å²) in [5, 5.41) is 20.8. The van der Waals surface area contributed by atoms with E-state index in [1.165, 1.54) is 11.6 Å². The molecule has 1 unspecified atom stereocenters. The normalized spacial score (nSPS) is 48.0. The van der Waals surface area contributed by atoms with Gasteiger partial charge in [-0.3, -0.25) is 0 Å². The van der Waals surface area contributed by atoms with Gasteiger partial charge in [0.2, 0.25) is 0 Å². The Labute approximate surface area is 223 Å². The fourth-order valence-electron chi connectivity index (χ4n) is 7.04. The number of hydrogen-bond acceptors (Lipinski definition) is 9. The summed E-state index contributed by atoms with van der Waals surface area (Å²) in [4.78, 5) is 26.0. The van der Waals surface area contributed by atoms with Crippen molar-refractivity contribution < 1.29 is 43.5 Å². The van der Waals surface area contributed by atoms with Crippen molar-refractivity contribution >= 4 is 11.9 Å². The highest BCUT2D eigenvalue weighted by atomic mass is 16.6. The minimum Gasteiger partial charge on any atom is -0.463 e. The predicted molar refractivity (Wildman–Crippen MR) is 136 cm³/mol. The van der Waals surface area contributed by atoms with E-state index >= 15 is 0 Å². The van der Waals surface area contributed by atoms with Crippen molar-refractivity contribution in [2.75, 3.05) is 19.8 Å². The smallest absolute Gasteiger partial charge is 0.335 e. The summed E-state index contributed by atoms with van der Waals surface area (Å²) in [6.45, 7) is 8.27. The van der Waals surface area contributed by atoms with Crippen LogP contribution in [0.5, 0.6) is 0 Å². The van der Waals surface area contributed by atoms with Crippen molar-refractivity contribution in [3.63, 3.8) is 0 Å². The van der Waals surface area contributed by atoms with E-state index in [0.717, 1.165) is 6.42 Å². The Morgan fingerprint density at radius 1 is 1.16 bits per heavy atom. The monoisotopic (exact) mass is 532 g/mol. The number of esters is 2. The van der Waals surface area contributed by atoms with Crippen LogP contribution in [0.15, 0.2) is 36.0 Å². The summed E-state index contributed by atoms with van der Waals surface area (Å²) >= 11 is 0. The maximum Gasteiger partial charge on any atom is 0.335 e. The molecule has 38 heavy (non-hydrogen) atoms. The molecule has 9 nitrogen and oxygen atoms in total. The predicted octanol–water partition coefficient (Wildman–Crippen LogP) is 2.39. The first-order chi connectivity index (χ1) is 18.0. The molecule has 2 bridgehead atoms. The molecule has 10 atom stereocenters. The Morgan fingerprint density at radius 3 is 2.63 bits per heavy atom. The third-order valence-electron chi connectivity index (χ3n) is 9.73. The number of carbonyl (C=O) groups is 2. The van der Waals surface area contributed by atoms with Crippen molar-refractivity contribution in [2.24, 2.45) is 16.7 Å². The molecule has 3 fully saturated rings. The second-order valence-corrected chi connectivity index (χ2v) is 11.9. The van der Waals surface area contributed by atoms with Crippen LogP contribution in [0.2, 0.25) is 0 Å². The summed E-state index contributed by atoms with van der Waals surface area (Å²) in [5.41, 5.74) is -0.771. The first-order valence-corrected chi connectivity index (χ1v) is 13.7. The van der Waals surface area contributed by atoms with Gasteiger partial charge in [-0.2, -0.15) is 0 Å². The Bertz CT molecular complexity index is 1030. The van der Waals surface area contributed by atoms with Gasteiger partial charge in [0.1, 0.15) is 24.4 Å². The number of ether oxygens (including phenoxy) is 5. The van der Waals surface area contributed by atoms with E-state index in [4.69, 9.17) is 23.7 Å². The van der Waals surface area contributed by atoms with Gasteiger partial charge in [-0.05, 0) is 39.0 Å². The molecule has 0 aromatic heterocycles. The van der Waals surface area contributed by atoms with Crippen LogP contribution in [-0.2, 0) is 33.3 Å². The Morgan fingerprint density at radius 2 is 1.92 bits per heavy atom. The molecular weight excluding hydrogens is 492 g/mol. The van der Waals surface area contributed by atoms with E-state index in [1.54, 1.807) is 32.1 Å². The SMILES string of the molecule is CC1=C[C@H]2O[C@@H]3CC4OC(=O)/C=C\C=C/[C@H]([C@@H](C)O)OCC[C@@H](C)[C@H](O)C(=O)OC[C@@]2(CC1)[C@@]4(C)[C@]31CO1. The van der Waals surface area contributed by atoms with Gasteiger partial charge in [0.25, 0.3) is 0 Å². The van der Waals surface area contributed by atoms with Crippen LogP contribution in [-0.4, -0.2) is 84.2 Å². The zero-order valence-corrected chi connectivity index (χ0v) is 22.6. The molecule has 9 heteroatoms. The third kappa shape index (κ3) is 4.36. The average Bonchev–Trinajstić information content (AvgIpc) is 3.65. The lowest BCUT2D eigenvalue weighted by Crippen LogP contribution is -2.66. The van der Waals surface area contributed by atoms with Gasteiger partial charge < -0.3 is 33.9 Å². The molecule has 0 aromatic carbocycles. The van der Waals surface area contributed by atoms with Crippen LogP contribution in [0.1, 0.15) is 53.4 Å². The molecule has 3 heterocycles. The standard InChI is InChI=1S/C29H40O9/c1-17-9-11-28-15-35-26(33)25(32)18(2)10-12-34-20(19(3)30)7-5-6-8-24(31)38-21-14-23(37-22(28)13-17)29(16-36-29)27(21,28)4/h5-8,13,18-23,25,30,32H,9-12,14-16H2,1-4H3/b7-5-,8-6-/t18-,19-,20-,21?,22-,23-,25+,27+,28-,29+/m1/s1. The highest BCUT2D eigenvalue weighted by Gasteiger charge is 2.83. The summed E-state index contributed by atoms with van der Waals surface area (Å²) in [5.74, 6) is -1.60. The number of hydrogen-bond donors (Lipinski definition) is 2. The van der Waals surface area contributed by atoms with Crippen LogP contribution < -0.4 is 0 Å². The fraction of sp³-hybridized carbons (Fsp3) is 0.724. The van der Waals surface area contributed by atoms with Gasteiger partial charge >= 0.3 is 11.9 Å². The van der Waals surface area contributed by atoms with Crippen molar-refractivity contribution in [3.05, 3.63) is 36.0 Å². The Balaban J connectivity index is 1.51. The molecule has 2 spiro atoms. The number of carbonyl (C=O) groups excluding carboxylic acids is 2. The summed E-state index contributed by atoms with van der Waals surface area (Å²) in [7, 11) is 0. The van der Waals surface area contributed by atoms with Gasteiger partial charge in [-0.15, -0.1) is 0 Å². The zero-order valence-electron chi connectivity index (χ0n) is 22.6. The second kappa shape index (κ2) is 10.2. The second-order valence-electron chi connectivity index (χ2n) is 11.9. The van der Waals surface area contributed by atoms with Crippen LogP contribution in [0.25, 0.3) is 0 Å². The minimum absolute atomic E-state index is 0.0195. The number of allylic oxidation sites excluding steroid dienone is 3. The molecule has 1 saturated carbocycles. The summed E-state index contributed by atoms with van der Waals surface area (Å²) in [6.07, 6.45) is 6.89. The lowest BCUT2D eigenvalue weighted by Gasteiger charge is -2.58. The molecular formula is C29H40O9. The van der Waals surface area contributed by atoms with Crippen LogP contribution in [0.3, 0.4) is 0 Å². The Kier molecular flexibility index (Phi) is 7.37. The van der Waals surface area contributed by atoms with Crippen LogP contribution in [0.4, 0.5) is 0 Å². The van der Waals surface area contributed by atoms with Gasteiger partial charge in [-0.25, -0.2) is 9.59 Å². The molecule has 2 aliphatic carbocycles. The number of cyclic esters (lactones) is 1. The minimum atomic E-state index is -1.33. The van der Waals surface area contributed by atoms with Crippen molar-refractivity contribution in [1.29, 1.82) is 0 Å². The molecule has 210 valence electrons. The van der Waals surface area contributed by atoms with Gasteiger partial charge in [0.15, 0.2) is 6.10 Å². The average molecular weight is 533 g/mol. The fourth-order valence-corrected chi connectivity index (χ4v) is 7.04. The van der Waals surface area contributed by atoms with Gasteiger partial charge in [-0.1, -0.05) is 43.7 Å². The first-order valence-electron chi connectivity index (χ1n) is 13.7. The van der Waals surface area contributed by atoms with E-state index in [-0.39, 0.29) is 25.4 Å². The van der Waals surface area contributed by atoms with Crippen LogP contribution >= 0.6 is 0 Å². The number of rotatable bonds is 1. The molecule has 2 saturated heterocycles. The molecule has 5 aliphatic rings. The molecule has 3 aliphatic heterocycles. The Hall–Kier alpha value is -2.04.